The molecule has 0 aliphatic carbocycles. The molecule has 0 spiro atoms. The van der Waals surface area contributed by atoms with Crippen LogP contribution < -0.4 is 18.9 Å². The number of rotatable bonds is 2. The monoisotopic (exact) mass is 255 g/mol. The minimum absolute atomic E-state index is 0. The first-order valence-electron chi connectivity index (χ1n) is 5.53. The Bertz CT molecular complexity index is 545. The van der Waals surface area contributed by atoms with E-state index < -0.39 is 10.0 Å². The molecule has 1 heterocycles. The van der Waals surface area contributed by atoms with E-state index in [2.05, 4.69) is 5.92 Å². The summed E-state index contributed by atoms with van der Waals surface area (Å²) in [5, 5.41) is 0. The first kappa shape index (κ1) is 15.3. The molecule has 1 aromatic carbocycles. The summed E-state index contributed by atoms with van der Waals surface area (Å²) in [4.78, 5) is 0.328. The molecule has 18 heavy (non-hydrogen) atoms. The average molecular weight is 255 g/mol. The standard InChI is InChI=1S/C13H14NO2S.Li/c1-3-12-8-9-14(10-12)17(15,16)13-6-4-11(2)5-7-13;/h4-7,12H,8-10H2,2H3;/q-1;+1. The molecule has 1 aromatic rings. The van der Waals surface area contributed by atoms with Crippen molar-refractivity contribution in [2.45, 2.75) is 18.2 Å². The zero-order valence-electron chi connectivity index (χ0n) is 10.7. The Kier molecular flexibility index (Phi) is 5.07. The molecular formula is C13H14LiNO2S. The summed E-state index contributed by atoms with van der Waals surface area (Å²) in [6.45, 7) is 2.78. The summed E-state index contributed by atoms with van der Waals surface area (Å²) in [6, 6.07) is 6.85. The smallest absolute Gasteiger partial charge is 0.693 e. The molecule has 0 saturated carbocycles. The van der Waals surface area contributed by atoms with E-state index in [4.69, 9.17) is 6.42 Å². The van der Waals surface area contributed by atoms with Crippen LogP contribution in [0.3, 0.4) is 0 Å². The zero-order chi connectivity index (χ0) is 12.5. The van der Waals surface area contributed by atoms with Crippen molar-refractivity contribution in [1.82, 2.24) is 4.31 Å². The van der Waals surface area contributed by atoms with Crippen LogP contribution in [0.15, 0.2) is 29.2 Å². The minimum atomic E-state index is -3.39. The number of nitrogens with zero attached hydrogens (tertiary/aromatic N) is 1. The van der Waals surface area contributed by atoms with Gasteiger partial charge in [-0.2, -0.15) is 4.31 Å². The third kappa shape index (κ3) is 2.99. The maximum absolute atomic E-state index is 12.2. The summed E-state index contributed by atoms with van der Waals surface area (Å²) >= 11 is 0. The Balaban J connectivity index is 0.00000162. The van der Waals surface area contributed by atoms with Crippen molar-refractivity contribution < 1.29 is 27.3 Å². The van der Waals surface area contributed by atoms with Crippen molar-refractivity contribution in [2.75, 3.05) is 13.1 Å². The Hall–Kier alpha value is -0.713. The van der Waals surface area contributed by atoms with Gasteiger partial charge < -0.3 is 12.3 Å². The van der Waals surface area contributed by atoms with E-state index >= 15 is 0 Å². The van der Waals surface area contributed by atoms with Gasteiger partial charge in [0, 0.05) is 13.1 Å². The molecule has 1 aliphatic rings. The number of hydrogen-bond donors (Lipinski definition) is 0. The summed E-state index contributed by atoms with van der Waals surface area (Å²) in [5.41, 5.74) is 1.04. The van der Waals surface area contributed by atoms with Gasteiger partial charge in [0.2, 0.25) is 10.0 Å². The third-order valence-corrected chi connectivity index (χ3v) is 4.89. The van der Waals surface area contributed by atoms with Crippen LogP contribution in [-0.4, -0.2) is 25.8 Å². The molecule has 0 bridgehead atoms. The van der Waals surface area contributed by atoms with Crippen LogP contribution in [0.25, 0.3) is 0 Å². The first-order valence-corrected chi connectivity index (χ1v) is 6.97. The van der Waals surface area contributed by atoms with E-state index in [0.717, 1.165) is 5.56 Å². The van der Waals surface area contributed by atoms with Gasteiger partial charge in [-0.15, -0.1) is 0 Å². The summed E-state index contributed by atoms with van der Waals surface area (Å²) in [5.74, 6) is 2.31. The second-order valence-electron chi connectivity index (χ2n) is 4.31. The molecule has 0 aromatic heterocycles. The first-order chi connectivity index (χ1) is 8.04. The van der Waals surface area contributed by atoms with Crippen molar-refractivity contribution in [3.8, 4) is 5.92 Å². The molecule has 2 rings (SSSR count). The maximum Gasteiger partial charge on any atom is 1.00 e. The van der Waals surface area contributed by atoms with Crippen molar-refractivity contribution in [2.24, 2.45) is 5.92 Å². The molecular weight excluding hydrogens is 241 g/mol. The quantitative estimate of drug-likeness (QED) is 0.370. The summed E-state index contributed by atoms with van der Waals surface area (Å²) < 4.78 is 25.9. The van der Waals surface area contributed by atoms with Crippen molar-refractivity contribution >= 4 is 10.0 Å². The van der Waals surface area contributed by atoms with Crippen LogP contribution in [0, 0.1) is 25.2 Å². The third-order valence-electron chi connectivity index (χ3n) is 3.01. The molecule has 0 amide bonds. The van der Waals surface area contributed by atoms with E-state index in [-0.39, 0.29) is 24.8 Å². The fraction of sp³-hybridized carbons (Fsp3) is 0.385. The van der Waals surface area contributed by atoms with Gasteiger partial charge in [-0.25, -0.2) is 8.42 Å². The van der Waals surface area contributed by atoms with E-state index in [0.29, 0.717) is 24.4 Å². The Morgan fingerprint density at radius 2 is 1.94 bits per heavy atom. The van der Waals surface area contributed by atoms with Crippen LogP contribution in [-0.2, 0) is 10.0 Å². The van der Waals surface area contributed by atoms with Crippen LogP contribution >= 0.6 is 0 Å². The maximum atomic E-state index is 12.2. The molecule has 90 valence electrons. The van der Waals surface area contributed by atoms with E-state index in [9.17, 15) is 8.42 Å². The van der Waals surface area contributed by atoms with Crippen molar-refractivity contribution in [3.63, 3.8) is 0 Å². The van der Waals surface area contributed by atoms with Gasteiger partial charge in [0.25, 0.3) is 0 Å². The predicted octanol–water partition coefficient (Wildman–Crippen LogP) is -1.40. The van der Waals surface area contributed by atoms with Gasteiger partial charge in [-0.1, -0.05) is 17.7 Å². The molecule has 0 N–H and O–H groups in total. The van der Waals surface area contributed by atoms with Crippen LogP contribution in [0.5, 0.6) is 0 Å². The molecule has 1 saturated heterocycles. The van der Waals surface area contributed by atoms with E-state index in [1.165, 1.54) is 4.31 Å². The Morgan fingerprint density at radius 1 is 1.33 bits per heavy atom. The molecule has 3 nitrogen and oxygen atoms in total. The second-order valence-corrected chi connectivity index (χ2v) is 6.24. The average Bonchev–Trinajstić information content (AvgIpc) is 2.78. The normalized spacial score (nSPS) is 20.1. The van der Waals surface area contributed by atoms with Crippen molar-refractivity contribution in [1.29, 1.82) is 0 Å². The van der Waals surface area contributed by atoms with Gasteiger partial charge in [0.05, 0.1) is 4.90 Å². The van der Waals surface area contributed by atoms with E-state index in [1.807, 2.05) is 6.92 Å². The molecule has 1 atom stereocenters. The molecule has 5 heteroatoms. The molecule has 1 unspecified atom stereocenters. The van der Waals surface area contributed by atoms with Gasteiger partial charge in [0.15, 0.2) is 0 Å². The Labute approximate surface area is 121 Å². The van der Waals surface area contributed by atoms with Crippen LogP contribution in [0.1, 0.15) is 12.0 Å². The van der Waals surface area contributed by atoms with Gasteiger partial charge in [-0.05, 0) is 31.4 Å². The summed E-state index contributed by atoms with van der Waals surface area (Å²) in [6.07, 6.45) is 7.74. The second kappa shape index (κ2) is 5.95. The number of aryl methyl sites for hydroxylation is 1. The van der Waals surface area contributed by atoms with Gasteiger partial charge >= 0.3 is 18.9 Å². The number of sulfonamides is 1. The number of hydrogen-bond acceptors (Lipinski definition) is 2. The fourth-order valence-corrected chi connectivity index (χ4v) is 3.42. The van der Waals surface area contributed by atoms with Gasteiger partial charge in [-0.3, -0.25) is 0 Å². The van der Waals surface area contributed by atoms with Gasteiger partial charge in [0.1, 0.15) is 0 Å². The predicted molar refractivity (Wildman–Crippen MR) is 65.2 cm³/mol. The summed E-state index contributed by atoms with van der Waals surface area (Å²) in [7, 11) is -3.39. The van der Waals surface area contributed by atoms with Crippen molar-refractivity contribution in [3.05, 3.63) is 36.3 Å². The van der Waals surface area contributed by atoms with E-state index in [1.54, 1.807) is 24.3 Å². The molecule has 0 radical (unpaired) electrons. The molecule has 1 fully saturated rings. The molecule has 1 aliphatic heterocycles. The topological polar surface area (TPSA) is 37.4 Å². The minimum Gasteiger partial charge on any atom is -0.693 e. The number of benzene rings is 1. The largest absolute Gasteiger partial charge is 1.00 e. The zero-order valence-corrected chi connectivity index (χ0v) is 11.5. The van der Waals surface area contributed by atoms with Crippen LogP contribution in [0.2, 0.25) is 0 Å². The SMILES string of the molecule is [C-]#CC1CCN(S(=O)(=O)c2ccc(C)cc2)C1.[Li+]. The Morgan fingerprint density at radius 3 is 2.44 bits per heavy atom. The fourth-order valence-electron chi connectivity index (χ4n) is 1.92. The van der Waals surface area contributed by atoms with Crippen LogP contribution in [0.4, 0.5) is 0 Å².